The minimum atomic E-state index is 0.637. The molecule has 0 aliphatic rings. The second-order valence-electron chi connectivity index (χ2n) is 12.0. The molecule has 0 amide bonds. The molecule has 0 N–H and O–H groups in total. The predicted octanol–water partition coefficient (Wildman–Crippen LogP) is 12.0. The average molecular weight is 632 g/mol. The van der Waals surface area contributed by atoms with Crippen LogP contribution in [0.1, 0.15) is 0 Å². The van der Waals surface area contributed by atoms with E-state index in [4.69, 9.17) is 19.4 Å². The number of fused-ring (bicyclic) bond motifs is 7. The summed E-state index contributed by atoms with van der Waals surface area (Å²) in [5.74, 6) is 1.94. The number of hydrogen-bond donors (Lipinski definition) is 0. The number of aromatic nitrogens is 3. The lowest BCUT2D eigenvalue weighted by Crippen LogP contribution is -2.00. The van der Waals surface area contributed by atoms with Crippen LogP contribution in [0.4, 0.5) is 0 Å². The van der Waals surface area contributed by atoms with Gasteiger partial charge in [0.25, 0.3) is 0 Å². The Bertz CT molecular complexity index is 2850. The molecular weight excluding hydrogens is 607 g/mol. The molecule has 48 heavy (non-hydrogen) atoms. The van der Waals surface area contributed by atoms with Crippen molar-refractivity contribution in [3.8, 4) is 45.3 Å². The van der Waals surface area contributed by atoms with Crippen molar-refractivity contribution in [1.29, 1.82) is 0 Å². The van der Waals surface area contributed by atoms with Gasteiger partial charge in [-0.1, -0.05) is 121 Å². The monoisotopic (exact) mass is 631 g/mol. The molecule has 7 aromatic carbocycles. The van der Waals surface area contributed by atoms with Gasteiger partial charge in [-0.15, -0.1) is 11.3 Å². The lowest BCUT2D eigenvalue weighted by Gasteiger charge is -2.10. The van der Waals surface area contributed by atoms with E-state index in [1.54, 1.807) is 11.3 Å². The topological polar surface area (TPSA) is 51.8 Å². The number of hydrogen-bond acceptors (Lipinski definition) is 5. The van der Waals surface area contributed by atoms with E-state index in [0.29, 0.717) is 17.5 Å². The summed E-state index contributed by atoms with van der Waals surface area (Å²) in [4.78, 5) is 15.2. The Morgan fingerprint density at radius 1 is 0.396 bits per heavy atom. The molecular formula is C43H25N3OS. The Balaban J connectivity index is 1.12. The van der Waals surface area contributed by atoms with Crippen molar-refractivity contribution in [2.75, 3.05) is 0 Å². The summed E-state index contributed by atoms with van der Waals surface area (Å²) in [6.45, 7) is 0. The number of furan rings is 1. The van der Waals surface area contributed by atoms with Gasteiger partial charge in [0.1, 0.15) is 11.2 Å². The summed E-state index contributed by atoms with van der Waals surface area (Å²) in [5, 5.41) is 7.09. The maximum atomic E-state index is 6.16. The van der Waals surface area contributed by atoms with Gasteiger partial charge in [0.05, 0.1) is 0 Å². The predicted molar refractivity (Wildman–Crippen MR) is 199 cm³/mol. The molecule has 0 unspecified atom stereocenters. The summed E-state index contributed by atoms with van der Waals surface area (Å²) in [7, 11) is 0. The van der Waals surface area contributed by atoms with Crippen molar-refractivity contribution in [1.82, 2.24) is 15.0 Å². The minimum absolute atomic E-state index is 0.637. The van der Waals surface area contributed by atoms with Gasteiger partial charge in [-0.25, -0.2) is 15.0 Å². The molecule has 0 saturated carbocycles. The largest absolute Gasteiger partial charge is 0.456 e. The van der Waals surface area contributed by atoms with E-state index in [1.165, 1.54) is 25.6 Å². The Hall–Kier alpha value is -6.17. The highest BCUT2D eigenvalue weighted by Crippen LogP contribution is 2.38. The number of rotatable bonds is 4. The van der Waals surface area contributed by atoms with Gasteiger partial charge in [0.15, 0.2) is 17.5 Å². The first kappa shape index (κ1) is 27.0. The number of para-hydroxylation sites is 1. The smallest absolute Gasteiger partial charge is 0.164 e. The highest BCUT2D eigenvalue weighted by Gasteiger charge is 2.16. The average Bonchev–Trinajstić information content (AvgIpc) is 3.73. The summed E-state index contributed by atoms with van der Waals surface area (Å²) < 4.78 is 8.65. The minimum Gasteiger partial charge on any atom is -0.456 e. The van der Waals surface area contributed by atoms with Crippen molar-refractivity contribution < 1.29 is 4.42 Å². The number of thiophene rings is 1. The molecule has 0 fully saturated rings. The van der Waals surface area contributed by atoms with Crippen molar-refractivity contribution in [2.24, 2.45) is 0 Å². The Morgan fingerprint density at radius 3 is 1.85 bits per heavy atom. The van der Waals surface area contributed by atoms with Crippen molar-refractivity contribution >= 4 is 64.2 Å². The molecule has 0 aliphatic heterocycles. The first-order chi connectivity index (χ1) is 23.7. The maximum Gasteiger partial charge on any atom is 0.164 e. The molecule has 4 nitrogen and oxygen atoms in total. The number of nitrogens with zero attached hydrogens (tertiary/aromatic N) is 3. The highest BCUT2D eigenvalue weighted by atomic mass is 32.1. The molecule has 3 heterocycles. The molecule has 10 aromatic rings. The van der Waals surface area contributed by atoms with Crippen LogP contribution in [-0.2, 0) is 0 Å². The van der Waals surface area contributed by atoms with E-state index >= 15 is 0 Å². The third-order valence-electron chi connectivity index (χ3n) is 9.14. The van der Waals surface area contributed by atoms with Gasteiger partial charge in [-0.3, -0.25) is 0 Å². The third kappa shape index (κ3) is 4.40. The Labute approximate surface area is 279 Å². The zero-order chi connectivity index (χ0) is 31.6. The first-order valence-corrected chi connectivity index (χ1v) is 16.7. The summed E-state index contributed by atoms with van der Waals surface area (Å²) in [6.07, 6.45) is 0. The lowest BCUT2D eigenvalue weighted by molar-refractivity contribution is 0.669. The summed E-state index contributed by atoms with van der Waals surface area (Å²) in [6, 6.07) is 52.8. The van der Waals surface area contributed by atoms with Crippen LogP contribution < -0.4 is 0 Å². The van der Waals surface area contributed by atoms with Crippen molar-refractivity contribution in [3.63, 3.8) is 0 Å². The molecule has 0 atom stereocenters. The fourth-order valence-corrected chi connectivity index (χ4v) is 7.92. The first-order valence-electron chi connectivity index (χ1n) is 15.9. The zero-order valence-electron chi connectivity index (χ0n) is 25.6. The van der Waals surface area contributed by atoms with Crippen LogP contribution in [0.15, 0.2) is 156 Å². The van der Waals surface area contributed by atoms with Crippen LogP contribution in [0.5, 0.6) is 0 Å². The van der Waals surface area contributed by atoms with Gasteiger partial charge in [-0.2, -0.15) is 0 Å². The van der Waals surface area contributed by atoms with E-state index in [9.17, 15) is 0 Å². The van der Waals surface area contributed by atoms with Gasteiger partial charge in [0, 0.05) is 47.6 Å². The van der Waals surface area contributed by atoms with Crippen LogP contribution in [0.3, 0.4) is 0 Å². The summed E-state index contributed by atoms with van der Waals surface area (Å²) >= 11 is 1.80. The van der Waals surface area contributed by atoms with Crippen LogP contribution >= 0.6 is 11.3 Å². The van der Waals surface area contributed by atoms with Gasteiger partial charge >= 0.3 is 0 Å². The van der Waals surface area contributed by atoms with E-state index < -0.39 is 0 Å². The molecule has 5 heteroatoms. The van der Waals surface area contributed by atoms with E-state index in [2.05, 4.69) is 133 Å². The van der Waals surface area contributed by atoms with Gasteiger partial charge < -0.3 is 4.42 Å². The fraction of sp³-hybridized carbons (Fsp3) is 0. The van der Waals surface area contributed by atoms with Crippen LogP contribution in [0.25, 0.3) is 98.2 Å². The van der Waals surface area contributed by atoms with E-state index in [-0.39, 0.29) is 0 Å². The molecule has 0 bridgehead atoms. The molecule has 0 radical (unpaired) electrons. The Morgan fingerprint density at radius 2 is 1.00 bits per heavy atom. The Kier molecular flexibility index (Phi) is 6.01. The third-order valence-corrected chi connectivity index (χ3v) is 10.3. The quantitative estimate of drug-likeness (QED) is 0.194. The molecule has 3 aromatic heterocycles. The van der Waals surface area contributed by atoms with E-state index in [1.807, 2.05) is 18.2 Å². The lowest BCUT2D eigenvalue weighted by atomic mass is 9.98. The van der Waals surface area contributed by atoms with E-state index in [0.717, 1.165) is 55.1 Å². The fourth-order valence-electron chi connectivity index (χ4n) is 6.77. The molecule has 0 saturated heterocycles. The van der Waals surface area contributed by atoms with Crippen LogP contribution in [0.2, 0.25) is 0 Å². The van der Waals surface area contributed by atoms with Gasteiger partial charge in [0.2, 0.25) is 0 Å². The normalized spacial score (nSPS) is 11.8. The second-order valence-corrected chi connectivity index (χ2v) is 13.1. The van der Waals surface area contributed by atoms with Crippen LogP contribution in [0, 0.1) is 0 Å². The SMILES string of the molecule is c1ccc2cc(-c3nc(-c4ccc(-c5cccc6oc7ccccc7c56)cc4)nc(-c4ccc5c(c4)sc4ccccc45)n3)ccc2c1. The number of benzene rings is 7. The molecule has 0 aliphatic carbocycles. The van der Waals surface area contributed by atoms with Crippen LogP contribution in [-0.4, -0.2) is 15.0 Å². The zero-order valence-corrected chi connectivity index (χ0v) is 26.4. The molecule has 10 rings (SSSR count). The standard InChI is InChI=1S/C43H25N3OS/c1-2-9-29-24-30(21-16-26(29)8-1)42-44-41(45-43(46-42)31-22-23-34-33-10-4-6-15-38(33)48-39(34)25-31)28-19-17-27(18-20-28)32-12-7-14-37-40(32)35-11-3-5-13-36(35)47-37/h1-25H. The highest BCUT2D eigenvalue weighted by molar-refractivity contribution is 7.25. The molecule has 224 valence electrons. The molecule has 0 spiro atoms. The van der Waals surface area contributed by atoms with Crippen molar-refractivity contribution in [2.45, 2.75) is 0 Å². The summed E-state index contributed by atoms with van der Waals surface area (Å²) in [5.41, 5.74) is 6.87. The van der Waals surface area contributed by atoms with Crippen molar-refractivity contribution in [3.05, 3.63) is 152 Å². The van der Waals surface area contributed by atoms with Gasteiger partial charge in [-0.05, 0) is 52.2 Å². The maximum absolute atomic E-state index is 6.16. The second kappa shape index (κ2) is 10.7.